The van der Waals surface area contributed by atoms with E-state index in [2.05, 4.69) is 10.4 Å². The van der Waals surface area contributed by atoms with E-state index in [1.54, 1.807) is 18.2 Å². The normalized spacial score (nSPS) is 11.4. The molecule has 2 heterocycles. The lowest BCUT2D eigenvalue weighted by atomic mass is 10.1. The zero-order valence-corrected chi connectivity index (χ0v) is 16.1. The summed E-state index contributed by atoms with van der Waals surface area (Å²) in [5, 5.41) is 9.40. The van der Waals surface area contributed by atoms with Gasteiger partial charge in [0.25, 0.3) is 11.5 Å². The quantitative estimate of drug-likeness (QED) is 0.591. The van der Waals surface area contributed by atoms with E-state index in [9.17, 15) is 9.59 Å². The van der Waals surface area contributed by atoms with Gasteiger partial charge in [0.15, 0.2) is 5.69 Å². The van der Waals surface area contributed by atoms with Gasteiger partial charge in [-0.2, -0.15) is 5.10 Å². The second-order valence-corrected chi connectivity index (χ2v) is 7.39. The molecular formula is C22H22N4O2. The minimum Gasteiger partial charge on any atom is -0.350 e. The molecule has 28 heavy (non-hydrogen) atoms. The van der Waals surface area contributed by atoms with Crippen molar-refractivity contribution < 1.29 is 4.79 Å². The van der Waals surface area contributed by atoms with Crippen molar-refractivity contribution in [2.75, 3.05) is 5.32 Å². The van der Waals surface area contributed by atoms with Crippen molar-refractivity contribution >= 4 is 33.3 Å². The largest absolute Gasteiger partial charge is 0.350 e. The van der Waals surface area contributed by atoms with Gasteiger partial charge in [-0.25, -0.2) is 4.68 Å². The molecule has 0 bridgehead atoms. The Kier molecular flexibility index (Phi) is 4.47. The first kappa shape index (κ1) is 18.0. The Bertz CT molecular complexity index is 1250. The van der Waals surface area contributed by atoms with Crippen molar-refractivity contribution in [1.29, 1.82) is 0 Å². The number of nitrogens with one attached hydrogen (secondary N) is 1. The van der Waals surface area contributed by atoms with Gasteiger partial charge in [0.05, 0.1) is 11.1 Å². The SMILES string of the molecule is CC(C)Cn1nc(C(=O)Nc2cccc3c2ccn3C)c2ccccc2c1=O. The second-order valence-electron chi connectivity index (χ2n) is 7.39. The Morgan fingerprint density at radius 3 is 2.54 bits per heavy atom. The molecule has 6 heteroatoms. The van der Waals surface area contributed by atoms with Crippen LogP contribution in [0, 0.1) is 5.92 Å². The fraction of sp³-hybridized carbons (Fsp3) is 0.227. The number of hydrogen-bond acceptors (Lipinski definition) is 3. The zero-order chi connectivity index (χ0) is 19.8. The van der Waals surface area contributed by atoms with Gasteiger partial charge in [0, 0.05) is 36.1 Å². The molecule has 4 aromatic rings. The predicted molar refractivity (Wildman–Crippen MR) is 112 cm³/mol. The van der Waals surface area contributed by atoms with Gasteiger partial charge < -0.3 is 9.88 Å². The standard InChI is InChI=1S/C22H22N4O2/c1-14(2)13-26-22(28)16-8-5-4-7-15(16)20(24-26)21(27)23-18-9-6-10-19-17(18)11-12-25(19)3/h4-12,14H,13H2,1-3H3,(H,23,27). The van der Waals surface area contributed by atoms with Crippen LogP contribution < -0.4 is 10.9 Å². The van der Waals surface area contributed by atoms with Gasteiger partial charge in [-0.3, -0.25) is 9.59 Å². The summed E-state index contributed by atoms with van der Waals surface area (Å²) in [5.41, 5.74) is 1.82. The van der Waals surface area contributed by atoms with Crippen molar-refractivity contribution in [1.82, 2.24) is 14.3 Å². The minimum absolute atomic E-state index is 0.175. The van der Waals surface area contributed by atoms with E-state index in [4.69, 9.17) is 0 Å². The first-order valence-corrected chi connectivity index (χ1v) is 9.31. The third kappa shape index (κ3) is 3.07. The summed E-state index contributed by atoms with van der Waals surface area (Å²) in [6.45, 7) is 4.48. The van der Waals surface area contributed by atoms with E-state index in [0.717, 1.165) is 16.6 Å². The molecule has 2 aromatic carbocycles. The molecule has 0 saturated carbocycles. The molecule has 0 radical (unpaired) electrons. The van der Waals surface area contributed by atoms with Crippen LogP contribution in [-0.2, 0) is 13.6 Å². The zero-order valence-electron chi connectivity index (χ0n) is 16.1. The number of nitrogens with zero attached hydrogens (tertiary/aromatic N) is 3. The third-order valence-electron chi connectivity index (χ3n) is 4.80. The van der Waals surface area contributed by atoms with Crippen LogP contribution in [-0.4, -0.2) is 20.3 Å². The first-order chi connectivity index (χ1) is 13.5. The van der Waals surface area contributed by atoms with E-state index in [1.807, 2.05) is 62.0 Å². The number of anilines is 1. The van der Waals surface area contributed by atoms with Crippen LogP contribution in [0.5, 0.6) is 0 Å². The molecule has 0 aliphatic rings. The van der Waals surface area contributed by atoms with Crippen LogP contribution in [0.4, 0.5) is 5.69 Å². The molecule has 0 aliphatic heterocycles. The Morgan fingerprint density at radius 2 is 1.79 bits per heavy atom. The third-order valence-corrected chi connectivity index (χ3v) is 4.80. The van der Waals surface area contributed by atoms with Crippen molar-refractivity contribution in [3.05, 3.63) is 70.8 Å². The summed E-state index contributed by atoms with van der Waals surface area (Å²) in [7, 11) is 1.96. The van der Waals surface area contributed by atoms with E-state index in [0.29, 0.717) is 17.3 Å². The lowest BCUT2D eigenvalue weighted by Gasteiger charge is -2.13. The van der Waals surface area contributed by atoms with Crippen LogP contribution in [0.3, 0.4) is 0 Å². The van der Waals surface area contributed by atoms with Gasteiger partial charge in [-0.05, 0) is 30.2 Å². The average Bonchev–Trinajstić information content (AvgIpc) is 3.06. The van der Waals surface area contributed by atoms with E-state index in [1.165, 1.54) is 4.68 Å². The molecule has 0 unspecified atom stereocenters. The Balaban J connectivity index is 1.82. The molecule has 0 fully saturated rings. The molecule has 2 aromatic heterocycles. The molecular weight excluding hydrogens is 352 g/mol. The molecule has 0 spiro atoms. The highest BCUT2D eigenvalue weighted by Crippen LogP contribution is 2.25. The highest BCUT2D eigenvalue weighted by molar-refractivity contribution is 6.13. The fourth-order valence-corrected chi connectivity index (χ4v) is 3.47. The van der Waals surface area contributed by atoms with Gasteiger partial charge in [-0.1, -0.05) is 38.1 Å². The lowest BCUT2D eigenvalue weighted by Crippen LogP contribution is -2.29. The summed E-state index contributed by atoms with van der Waals surface area (Å²) < 4.78 is 3.40. The number of fused-ring (bicyclic) bond motifs is 2. The van der Waals surface area contributed by atoms with Crippen LogP contribution in [0.1, 0.15) is 24.3 Å². The van der Waals surface area contributed by atoms with E-state index >= 15 is 0 Å². The maximum atomic E-state index is 13.1. The second kappa shape index (κ2) is 6.96. The summed E-state index contributed by atoms with van der Waals surface area (Å²) in [6.07, 6.45) is 1.96. The first-order valence-electron chi connectivity index (χ1n) is 9.31. The molecule has 1 amide bonds. The Hall–Kier alpha value is -3.41. The number of benzene rings is 2. The van der Waals surface area contributed by atoms with Gasteiger partial charge in [0.1, 0.15) is 0 Å². The van der Waals surface area contributed by atoms with Crippen LogP contribution in [0.2, 0.25) is 0 Å². The van der Waals surface area contributed by atoms with Crippen LogP contribution in [0.25, 0.3) is 21.7 Å². The molecule has 4 rings (SSSR count). The smallest absolute Gasteiger partial charge is 0.276 e. The molecule has 142 valence electrons. The predicted octanol–water partition coefficient (Wildman–Crippen LogP) is 3.80. The van der Waals surface area contributed by atoms with Gasteiger partial charge >= 0.3 is 0 Å². The van der Waals surface area contributed by atoms with Crippen molar-refractivity contribution in [3.8, 4) is 0 Å². The molecule has 6 nitrogen and oxygen atoms in total. The molecule has 1 N–H and O–H groups in total. The number of aryl methyl sites for hydroxylation is 1. The average molecular weight is 374 g/mol. The Morgan fingerprint density at radius 1 is 1.04 bits per heavy atom. The number of carbonyl (C=O) groups is 1. The summed E-state index contributed by atoms with van der Waals surface area (Å²) in [5.74, 6) is -0.0922. The number of carbonyl (C=O) groups excluding carboxylic acids is 1. The summed E-state index contributed by atoms with van der Waals surface area (Å²) >= 11 is 0. The van der Waals surface area contributed by atoms with Crippen molar-refractivity contribution in [2.45, 2.75) is 20.4 Å². The molecule has 0 aliphatic carbocycles. The minimum atomic E-state index is -0.329. The number of aromatic nitrogens is 3. The lowest BCUT2D eigenvalue weighted by molar-refractivity contribution is 0.102. The Labute approximate surface area is 162 Å². The summed E-state index contributed by atoms with van der Waals surface area (Å²) in [4.78, 5) is 25.9. The molecule has 0 atom stereocenters. The monoisotopic (exact) mass is 374 g/mol. The van der Waals surface area contributed by atoms with Gasteiger partial charge in [-0.15, -0.1) is 0 Å². The van der Waals surface area contributed by atoms with E-state index in [-0.39, 0.29) is 23.1 Å². The highest BCUT2D eigenvalue weighted by atomic mass is 16.2. The fourth-order valence-electron chi connectivity index (χ4n) is 3.47. The van der Waals surface area contributed by atoms with Gasteiger partial charge in [0.2, 0.25) is 0 Å². The maximum absolute atomic E-state index is 13.1. The highest BCUT2D eigenvalue weighted by Gasteiger charge is 2.18. The van der Waals surface area contributed by atoms with Crippen molar-refractivity contribution in [3.63, 3.8) is 0 Å². The number of hydrogen-bond donors (Lipinski definition) is 1. The van der Waals surface area contributed by atoms with E-state index < -0.39 is 0 Å². The van der Waals surface area contributed by atoms with Crippen molar-refractivity contribution in [2.24, 2.45) is 13.0 Å². The molecule has 0 saturated heterocycles. The summed E-state index contributed by atoms with van der Waals surface area (Å²) in [6, 6.07) is 14.9. The number of amides is 1. The van der Waals surface area contributed by atoms with Crippen LogP contribution in [0.15, 0.2) is 59.5 Å². The number of rotatable bonds is 4. The van der Waals surface area contributed by atoms with Crippen LogP contribution >= 0.6 is 0 Å². The maximum Gasteiger partial charge on any atom is 0.276 e. The topological polar surface area (TPSA) is 68.9 Å².